The predicted molar refractivity (Wildman–Crippen MR) is 104 cm³/mol. The van der Waals surface area contributed by atoms with Gasteiger partial charge in [0.1, 0.15) is 6.04 Å². The van der Waals surface area contributed by atoms with Crippen LogP contribution < -0.4 is 10.8 Å². The van der Waals surface area contributed by atoms with Crippen molar-refractivity contribution >= 4 is 11.8 Å². The summed E-state index contributed by atoms with van der Waals surface area (Å²) in [6, 6.07) is 16.2. The summed E-state index contributed by atoms with van der Waals surface area (Å²) < 4.78 is 0. The quantitative estimate of drug-likeness (QED) is 0.540. The van der Waals surface area contributed by atoms with E-state index in [2.05, 4.69) is 5.32 Å². The molecule has 5 heteroatoms. The van der Waals surface area contributed by atoms with Crippen molar-refractivity contribution in [2.45, 2.75) is 50.5 Å². The van der Waals surface area contributed by atoms with Gasteiger partial charge in [0.15, 0.2) is 0 Å². The van der Waals surface area contributed by atoms with Crippen molar-refractivity contribution in [3.63, 3.8) is 0 Å². The SMILES string of the molecule is O=C(N[C@@H](Cc1ccccc1)C(=O)NO)c1ccc(C2CCCCC2)cc1. The van der Waals surface area contributed by atoms with Gasteiger partial charge in [-0.25, -0.2) is 5.48 Å². The van der Waals surface area contributed by atoms with E-state index in [1.54, 1.807) is 5.48 Å². The van der Waals surface area contributed by atoms with E-state index in [4.69, 9.17) is 5.21 Å². The summed E-state index contributed by atoms with van der Waals surface area (Å²) in [5, 5.41) is 11.7. The zero-order chi connectivity index (χ0) is 19.1. The number of nitrogens with one attached hydrogen (secondary N) is 2. The van der Waals surface area contributed by atoms with Crippen LogP contribution in [0.25, 0.3) is 0 Å². The van der Waals surface area contributed by atoms with Crippen LogP contribution in [0, 0.1) is 0 Å². The molecule has 2 aromatic carbocycles. The summed E-state index contributed by atoms with van der Waals surface area (Å²) in [6.07, 6.45) is 6.57. The van der Waals surface area contributed by atoms with E-state index < -0.39 is 11.9 Å². The average Bonchev–Trinajstić information content (AvgIpc) is 2.74. The van der Waals surface area contributed by atoms with Gasteiger partial charge in [0.05, 0.1) is 0 Å². The Kier molecular flexibility index (Phi) is 6.60. The Morgan fingerprint density at radius 3 is 2.26 bits per heavy atom. The zero-order valence-corrected chi connectivity index (χ0v) is 15.4. The fourth-order valence-corrected chi connectivity index (χ4v) is 3.72. The number of carbonyl (C=O) groups is 2. The first-order chi connectivity index (χ1) is 13.2. The summed E-state index contributed by atoms with van der Waals surface area (Å²) in [5.41, 5.74) is 4.33. The highest BCUT2D eigenvalue weighted by Crippen LogP contribution is 2.32. The van der Waals surface area contributed by atoms with Gasteiger partial charge in [-0.2, -0.15) is 0 Å². The molecule has 1 aliphatic rings. The van der Waals surface area contributed by atoms with Crippen LogP contribution in [-0.4, -0.2) is 23.1 Å². The van der Waals surface area contributed by atoms with E-state index in [-0.39, 0.29) is 5.91 Å². The fraction of sp³-hybridized carbons (Fsp3) is 0.364. The van der Waals surface area contributed by atoms with Gasteiger partial charge in [-0.15, -0.1) is 0 Å². The lowest BCUT2D eigenvalue weighted by Crippen LogP contribution is -2.47. The normalized spacial score (nSPS) is 15.7. The first-order valence-corrected chi connectivity index (χ1v) is 9.56. The maximum atomic E-state index is 12.6. The van der Waals surface area contributed by atoms with E-state index in [1.807, 2.05) is 54.6 Å². The van der Waals surface area contributed by atoms with Crippen molar-refractivity contribution in [1.82, 2.24) is 10.8 Å². The molecule has 0 unspecified atom stereocenters. The van der Waals surface area contributed by atoms with Crippen molar-refractivity contribution in [3.05, 3.63) is 71.3 Å². The molecule has 0 aromatic heterocycles. The summed E-state index contributed by atoms with van der Waals surface area (Å²) in [4.78, 5) is 24.5. The Bertz CT molecular complexity index is 753. The molecule has 2 amide bonds. The predicted octanol–water partition coefficient (Wildman–Crippen LogP) is 3.58. The number of hydrogen-bond acceptors (Lipinski definition) is 3. The van der Waals surface area contributed by atoms with Crippen LogP contribution in [0.2, 0.25) is 0 Å². The van der Waals surface area contributed by atoms with Crippen LogP contribution in [0.3, 0.4) is 0 Å². The maximum Gasteiger partial charge on any atom is 0.266 e. The van der Waals surface area contributed by atoms with Gasteiger partial charge in [0.25, 0.3) is 11.8 Å². The van der Waals surface area contributed by atoms with E-state index in [0.29, 0.717) is 17.9 Å². The van der Waals surface area contributed by atoms with Crippen LogP contribution in [0.15, 0.2) is 54.6 Å². The topological polar surface area (TPSA) is 78.4 Å². The average molecular weight is 366 g/mol. The highest BCUT2D eigenvalue weighted by atomic mass is 16.5. The molecule has 1 aliphatic carbocycles. The second-order valence-electron chi connectivity index (χ2n) is 7.15. The molecular weight excluding hydrogens is 340 g/mol. The largest absolute Gasteiger partial charge is 0.340 e. The molecule has 0 saturated heterocycles. The van der Waals surface area contributed by atoms with E-state index >= 15 is 0 Å². The van der Waals surface area contributed by atoms with Gasteiger partial charge in [0, 0.05) is 12.0 Å². The highest BCUT2D eigenvalue weighted by Gasteiger charge is 2.22. The van der Waals surface area contributed by atoms with Gasteiger partial charge in [-0.05, 0) is 42.0 Å². The van der Waals surface area contributed by atoms with Crippen LogP contribution in [-0.2, 0) is 11.2 Å². The molecule has 2 aromatic rings. The van der Waals surface area contributed by atoms with Crippen molar-refractivity contribution in [2.24, 2.45) is 0 Å². The van der Waals surface area contributed by atoms with Crippen LogP contribution in [0.4, 0.5) is 0 Å². The lowest BCUT2D eigenvalue weighted by atomic mass is 9.84. The minimum absolute atomic E-state index is 0.305. The number of benzene rings is 2. The second kappa shape index (κ2) is 9.33. The van der Waals surface area contributed by atoms with Crippen LogP contribution >= 0.6 is 0 Å². The van der Waals surface area contributed by atoms with Gasteiger partial charge in [0.2, 0.25) is 0 Å². The smallest absolute Gasteiger partial charge is 0.266 e. The number of hydroxylamine groups is 1. The van der Waals surface area contributed by atoms with Gasteiger partial charge in [-0.1, -0.05) is 61.7 Å². The monoisotopic (exact) mass is 366 g/mol. The molecule has 0 spiro atoms. The third-order valence-electron chi connectivity index (χ3n) is 5.26. The molecule has 0 radical (unpaired) electrons. The van der Waals surface area contributed by atoms with Crippen molar-refractivity contribution in [2.75, 3.05) is 0 Å². The van der Waals surface area contributed by atoms with Crippen LogP contribution in [0.1, 0.15) is 59.5 Å². The lowest BCUT2D eigenvalue weighted by Gasteiger charge is -2.22. The maximum absolute atomic E-state index is 12.6. The molecule has 1 saturated carbocycles. The minimum atomic E-state index is -0.845. The van der Waals surface area contributed by atoms with Crippen molar-refractivity contribution < 1.29 is 14.8 Å². The second-order valence-corrected chi connectivity index (χ2v) is 7.15. The first kappa shape index (κ1) is 19.1. The highest BCUT2D eigenvalue weighted by molar-refractivity contribution is 5.97. The lowest BCUT2D eigenvalue weighted by molar-refractivity contribution is -0.131. The third-order valence-corrected chi connectivity index (χ3v) is 5.26. The van der Waals surface area contributed by atoms with Gasteiger partial charge >= 0.3 is 0 Å². The standard InChI is InChI=1S/C22H26N2O3/c25-21(19-13-11-18(12-14-19)17-9-5-2-6-10-17)23-20(22(26)24-27)15-16-7-3-1-4-8-16/h1,3-4,7-8,11-14,17,20,27H,2,5-6,9-10,15H2,(H,23,25)(H,24,26)/t20-/m0/s1. The molecule has 3 rings (SSSR count). The molecule has 0 aliphatic heterocycles. The van der Waals surface area contributed by atoms with E-state index in [9.17, 15) is 9.59 Å². The first-order valence-electron chi connectivity index (χ1n) is 9.56. The van der Waals surface area contributed by atoms with Crippen LogP contribution in [0.5, 0.6) is 0 Å². The molecule has 5 nitrogen and oxygen atoms in total. The Labute approximate surface area is 159 Å². The Morgan fingerprint density at radius 2 is 1.63 bits per heavy atom. The molecule has 27 heavy (non-hydrogen) atoms. The van der Waals surface area contributed by atoms with Gasteiger partial charge in [-0.3, -0.25) is 14.8 Å². The fourth-order valence-electron chi connectivity index (χ4n) is 3.72. The summed E-state index contributed by atoms with van der Waals surface area (Å²) in [6.45, 7) is 0. The summed E-state index contributed by atoms with van der Waals surface area (Å²) >= 11 is 0. The molecule has 1 fully saturated rings. The van der Waals surface area contributed by atoms with Crippen molar-refractivity contribution in [3.8, 4) is 0 Å². The number of carbonyl (C=O) groups excluding carboxylic acids is 2. The molecule has 3 N–H and O–H groups in total. The van der Waals surface area contributed by atoms with E-state index in [0.717, 1.165) is 5.56 Å². The summed E-state index contributed by atoms with van der Waals surface area (Å²) in [7, 11) is 0. The van der Waals surface area contributed by atoms with E-state index in [1.165, 1.54) is 37.7 Å². The molecule has 0 heterocycles. The Hall–Kier alpha value is -2.66. The van der Waals surface area contributed by atoms with Gasteiger partial charge < -0.3 is 5.32 Å². The molecule has 0 bridgehead atoms. The molecular formula is C22H26N2O3. The molecule has 142 valence electrons. The zero-order valence-electron chi connectivity index (χ0n) is 15.4. The number of rotatable bonds is 6. The minimum Gasteiger partial charge on any atom is -0.340 e. The number of hydrogen-bond donors (Lipinski definition) is 3. The summed E-state index contributed by atoms with van der Waals surface area (Å²) in [5.74, 6) is -0.373. The molecule has 1 atom stereocenters. The van der Waals surface area contributed by atoms with Crippen molar-refractivity contribution in [1.29, 1.82) is 0 Å². The number of amides is 2. The Morgan fingerprint density at radius 1 is 0.963 bits per heavy atom. The Balaban J connectivity index is 1.66. The third kappa shape index (κ3) is 5.17.